The zero-order valence-electron chi connectivity index (χ0n) is 12.3. The summed E-state index contributed by atoms with van der Waals surface area (Å²) in [6.45, 7) is 2.22. The van der Waals surface area contributed by atoms with Gasteiger partial charge in [-0.05, 0) is 49.9 Å². The second kappa shape index (κ2) is 7.92. The maximum Gasteiger partial charge on any atom is 0.338 e. The Morgan fingerprint density at radius 2 is 1.95 bits per heavy atom. The van der Waals surface area contributed by atoms with Gasteiger partial charge in [-0.2, -0.15) is 0 Å². The van der Waals surface area contributed by atoms with E-state index >= 15 is 0 Å². The van der Waals surface area contributed by atoms with Crippen LogP contribution in [0.3, 0.4) is 0 Å². The van der Waals surface area contributed by atoms with E-state index in [4.69, 9.17) is 10.5 Å². The highest BCUT2D eigenvalue weighted by Gasteiger charge is 2.29. The molecule has 1 aromatic carbocycles. The number of nitrogens with two attached hydrogens (primary N) is 1. The van der Waals surface area contributed by atoms with Crippen LogP contribution in [-0.4, -0.2) is 33.6 Å². The van der Waals surface area contributed by atoms with E-state index in [1.807, 2.05) is 0 Å². The fraction of sp³-hybridized carbons (Fsp3) is 0.500. The smallest absolute Gasteiger partial charge is 0.338 e. The predicted octanol–water partition coefficient (Wildman–Crippen LogP) is 1.30. The van der Waals surface area contributed by atoms with Gasteiger partial charge in [0.2, 0.25) is 10.0 Å². The standard InChI is InChI=1S/C14H20N2O4S.ClH/c1-2-20-14(17)11-5-7-12(8-6-11)21(18,19)16-9-13(15)10-3-4-10;/h5-8,10,13,16H,2-4,9,15H2,1H3;1H. The number of carbonyl (C=O) groups is 1. The minimum absolute atomic E-state index is 0. The van der Waals surface area contributed by atoms with Gasteiger partial charge in [0.05, 0.1) is 17.1 Å². The van der Waals surface area contributed by atoms with E-state index in [0.29, 0.717) is 11.5 Å². The lowest BCUT2D eigenvalue weighted by Crippen LogP contribution is -2.38. The molecule has 1 aliphatic rings. The number of hydrogen-bond donors (Lipinski definition) is 2. The molecule has 1 atom stereocenters. The minimum Gasteiger partial charge on any atom is -0.462 e. The minimum atomic E-state index is -3.60. The molecule has 0 aromatic heterocycles. The normalized spacial score (nSPS) is 15.7. The van der Waals surface area contributed by atoms with Gasteiger partial charge in [-0.3, -0.25) is 0 Å². The molecule has 8 heteroatoms. The molecule has 1 aliphatic carbocycles. The Bertz CT molecular complexity index is 600. The summed E-state index contributed by atoms with van der Waals surface area (Å²) in [6.07, 6.45) is 2.13. The maximum atomic E-state index is 12.1. The van der Waals surface area contributed by atoms with Gasteiger partial charge in [0, 0.05) is 12.6 Å². The van der Waals surface area contributed by atoms with Crippen LogP contribution >= 0.6 is 12.4 Å². The van der Waals surface area contributed by atoms with Gasteiger partial charge in [0.1, 0.15) is 0 Å². The van der Waals surface area contributed by atoms with Crippen LogP contribution in [0.25, 0.3) is 0 Å². The molecule has 0 radical (unpaired) electrons. The molecule has 1 saturated carbocycles. The highest BCUT2D eigenvalue weighted by atomic mass is 35.5. The van der Waals surface area contributed by atoms with Crippen LogP contribution in [-0.2, 0) is 14.8 Å². The lowest BCUT2D eigenvalue weighted by atomic mass is 10.2. The zero-order chi connectivity index (χ0) is 15.5. The number of esters is 1. The third-order valence-electron chi connectivity index (χ3n) is 3.41. The highest BCUT2D eigenvalue weighted by Crippen LogP contribution is 2.31. The lowest BCUT2D eigenvalue weighted by Gasteiger charge is -2.12. The molecule has 0 saturated heterocycles. The zero-order valence-corrected chi connectivity index (χ0v) is 14.0. The van der Waals surface area contributed by atoms with Crippen molar-refractivity contribution in [3.8, 4) is 0 Å². The molecule has 3 N–H and O–H groups in total. The van der Waals surface area contributed by atoms with Crippen molar-refractivity contribution in [3.05, 3.63) is 29.8 Å². The fourth-order valence-electron chi connectivity index (χ4n) is 1.96. The van der Waals surface area contributed by atoms with E-state index in [9.17, 15) is 13.2 Å². The molecule has 1 unspecified atom stereocenters. The van der Waals surface area contributed by atoms with Gasteiger partial charge in [0.15, 0.2) is 0 Å². The van der Waals surface area contributed by atoms with Gasteiger partial charge in [0.25, 0.3) is 0 Å². The molecule has 0 spiro atoms. The molecule has 0 amide bonds. The second-order valence-corrected chi connectivity index (χ2v) is 6.86. The first kappa shape index (κ1) is 18.9. The fourth-order valence-corrected chi connectivity index (χ4v) is 3.04. The number of halogens is 1. The van der Waals surface area contributed by atoms with Gasteiger partial charge in [-0.25, -0.2) is 17.9 Å². The summed E-state index contributed by atoms with van der Waals surface area (Å²) in [5.41, 5.74) is 6.20. The molecule has 0 aliphatic heterocycles. The van der Waals surface area contributed by atoms with Gasteiger partial charge >= 0.3 is 5.97 Å². The van der Waals surface area contributed by atoms with Crippen molar-refractivity contribution in [3.63, 3.8) is 0 Å². The molecule has 6 nitrogen and oxygen atoms in total. The van der Waals surface area contributed by atoms with E-state index in [1.54, 1.807) is 6.92 Å². The van der Waals surface area contributed by atoms with Crippen molar-refractivity contribution in [2.45, 2.75) is 30.7 Å². The molecule has 124 valence electrons. The predicted molar refractivity (Wildman–Crippen MR) is 85.5 cm³/mol. The Kier molecular flexibility index (Phi) is 6.80. The summed E-state index contributed by atoms with van der Waals surface area (Å²) < 4.78 is 31.6. The van der Waals surface area contributed by atoms with Crippen LogP contribution in [0.1, 0.15) is 30.1 Å². The van der Waals surface area contributed by atoms with Crippen molar-refractivity contribution in [1.82, 2.24) is 4.72 Å². The van der Waals surface area contributed by atoms with E-state index in [1.165, 1.54) is 24.3 Å². The average molecular weight is 349 g/mol. The van der Waals surface area contributed by atoms with Crippen molar-refractivity contribution in [2.75, 3.05) is 13.2 Å². The Morgan fingerprint density at radius 3 is 2.45 bits per heavy atom. The summed E-state index contributed by atoms with van der Waals surface area (Å²) in [5.74, 6) is -0.0379. The number of benzene rings is 1. The van der Waals surface area contributed by atoms with Crippen LogP contribution in [0.5, 0.6) is 0 Å². The van der Waals surface area contributed by atoms with Crippen LogP contribution < -0.4 is 10.5 Å². The quantitative estimate of drug-likeness (QED) is 0.724. The Hall–Kier alpha value is -1.15. The highest BCUT2D eigenvalue weighted by molar-refractivity contribution is 7.89. The van der Waals surface area contributed by atoms with Crippen molar-refractivity contribution >= 4 is 28.4 Å². The molecule has 0 heterocycles. The summed E-state index contributed by atoms with van der Waals surface area (Å²) in [7, 11) is -3.60. The number of ether oxygens (including phenoxy) is 1. The van der Waals surface area contributed by atoms with Crippen molar-refractivity contribution < 1.29 is 17.9 Å². The first-order valence-electron chi connectivity index (χ1n) is 6.96. The Balaban J connectivity index is 0.00000242. The summed E-state index contributed by atoms with van der Waals surface area (Å²) in [6, 6.07) is 5.51. The number of nitrogens with one attached hydrogen (secondary N) is 1. The summed E-state index contributed by atoms with van der Waals surface area (Å²) in [5, 5.41) is 0. The average Bonchev–Trinajstić information content (AvgIpc) is 3.30. The molecular formula is C14H21ClN2O4S. The van der Waals surface area contributed by atoms with Crippen LogP contribution in [0, 0.1) is 5.92 Å². The van der Waals surface area contributed by atoms with Gasteiger partial charge in [-0.15, -0.1) is 12.4 Å². The van der Waals surface area contributed by atoms with Crippen LogP contribution in [0.2, 0.25) is 0 Å². The molecule has 2 rings (SSSR count). The number of carbonyl (C=O) groups excluding carboxylic acids is 1. The Morgan fingerprint density at radius 1 is 1.36 bits per heavy atom. The van der Waals surface area contributed by atoms with Crippen molar-refractivity contribution in [2.24, 2.45) is 11.7 Å². The number of sulfonamides is 1. The van der Waals surface area contributed by atoms with Crippen LogP contribution in [0.4, 0.5) is 0 Å². The topological polar surface area (TPSA) is 98.5 Å². The van der Waals surface area contributed by atoms with Crippen LogP contribution in [0.15, 0.2) is 29.2 Å². The third kappa shape index (κ3) is 4.95. The number of rotatable bonds is 7. The molecule has 1 aromatic rings. The van der Waals surface area contributed by atoms with Gasteiger partial charge in [-0.1, -0.05) is 0 Å². The summed E-state index contributed by atoms with van der Waals surface area (Å²) >= 11 is 0. The van der Waals surface area contributed by atoms with E-state index in [0.717, 1.165) is 12.8 Å². The maximum absolute atomic E-state index is 12.1. The molecule has 22 heavy (non-hydrogen) atoms. The first-order chi connectivity index (χ1) is 9.94. The van der Waals surface area contributed by atoms with Crippen molar-refractivity contribution in [1.29, 1.82) is 0 Å². The molecule has 0 bridgehead atoms. The monoisotopic (exact) mass is 348 g/mol. The molecular weight excluding hydrogens is 328 g/mol. The molecule has 1 fully saturated rings. The lowest BCUT2D eigenvalue weighted by molar-refractivity contribution is 0.0526. The number of hydrogen-bond acceptors (Lipinski definition) is 5. The SMILES string of the molecule is CCOC(=O)c1ccc(S(=O)(=O)NCC(N)C2CC2)cc1.Cl. The van der Waals surface area contributed by atoms with E-state index < -0.39 is 16.0 Å². The first-order valence-corrected chi connectivity index (χ1v) is 8.45. The third-order valence-corrected chi connectivity index (χ3v) is 4.85. The van der Waals surface area contributed by atoms with E-state index in [2.05, 4.69) is 4.72 Å². The Labute approximate surface area is 136 Å². The van der Waals surface area contributed by atoms with E-state index in [-0.39, 0.29) is 36.5 Å². The summed E-state index contributed by atoms with van der Waals surface area (Å²) in [4.78, 5) is 11.6. The van der Waals surface area contributed by atoms with Gasteiger partial charge < -0.3 is 10.5 Å². The largest absolute Gasteiger partial charge is 0.462 e. The second-order valence-electron chi connectivity index (χ2n) is 5.10.